The molecule has 2 heterocycles. The Kier molecular flexibility index (Phi) is 7.40. The second-order valence-corrected chi connectivity index (χ2v) is 8.37. The molecule has 2 aromatic carbocycles. The molecule has 0 radical (unpaired) electrons. The van der Waals surface area contributed by atoms with Gasteiger partial charge in [-0.15, -0.1) is 0 Å². The molecule has 0 bridgehead atoms. The highest BCUT2D eigenvalue weighted by Crippen LogP contribution is 2.27. The predicted molar refractivity (Wildman–Crippen MR) is 127 cm³/mol. The van der Waals surface area contributed by atoms with Crippen LogP contribution in [0.5, 0.6) is 5.75 Å². The number of nitrogens with one attached hydrogen (secondary N) is 1. The smallest absolute Gasteiger partial charge is 0.220 e. The number of halogens is 1. The first-order chi connectivity index (χ1) is 16.1. The van der Waals surface area contributed by atoms with Crippen LogP contribution < -0.4 is 10.1 Å². The van der Waals surface area contributed by atoms with Crippen molar-refractivity contribution >= 4 is 5.91 Å². The summed E-state index contributed by atoms with van der Waals surface area (Å²) in [5.74, 6) is 0.486. The van der Waals surface area contributed by atoms with Crippen molar-refractivity contribution in [2.75, 3.05) is 26.7 Å². The van der Waals surface area contributed by atoms with E-state index in [2.05, 4.69) is 17.1 Å². The van der Waals surface area contributed by atoms with Gasteiger partial charge in [0.05, 0.1) is 24.2 Å². The minimum atomic E-state index is -0.297. The van der Waals surface area contributed by atoms with E-state index in [0.717, 1.165) is 47.9 Å². The summed E-state index contributed by atoms with van der Waals surface area (Å²) in [7, 11) is 1.63. The summed E-state index contributed by atoms with van der Waals surface area (Å²) in [6.45, 7) is 5.00. The van der Waals surface area contributed by atoms with E-state index in [9.17, 15) is 9.18 Å². The Morgan fingerprint density at radius 1 is 1.21 bits per heavy atom. The zero-order valence-corrected chi connectivity index (χ0v) is 19.3. The maximum atomic E-state index is 13.5. The monoisotopic (exact) mass is 450 g/mol. The minimum absolute atomic E-state index is 0.0391. The number of hydrogen-bond donors (Lipinski definition) is 1. The van der Waals surface area contributed by atoms with Gasteiger partial charge < -0.3 is 10.1 Å². The van der Waals surface area contributed by atoms with Crippen molar-refractivity contribution in [3.8, 4) is 22.7 Å². The topological polar surface area (TPSA) is 59.4 Å². The van der Waals surface area contributed by atoms with Gasteiger partial charge in [-0.3, -0.25) is 9.69 Å². The number of benzene rings is 2. The van der Waals surface area contributed by atoms with Gasteiger partial charge in [0.15, 0.2) is 0 Å². The second kappa shape index (κ2) is 10.6. The Labute approximate surface area is 194 Å². The van der Waals surface area contributed by atoms with E-state index in [-0.39, 0.29) is 11.7 Å². The number of aromatic nitrogens is 2. The van der Waals surface area contributed by atoms with Crippen LogP contribution in [0.4, 0.5) is 4.39 Å². The number of aryl methyl sites for hydroxylation is 1. The zero-order valence-electron chi connectivity index (χ0n) is 19.3. The van der Waals surface area contributed by atoms with E-state index in [1.807, 2.05) is 30.3 Å². The molecule has 0 spiro atoms. The van der Waals surface area contributed by atoms with Crippen molar-refractivity contribution < 1.29 is 13.9 Å². The lowest BCUT2D eigenvalue weighted by atomic mass is 10.1. The fourth-order valence-electron chi connectivity index (χ4n) is 4.42. The van der Waals surface area contributed by atoms with Crippen LogP contribution in [0.2, 0.25) is 0 Å². The molecule has 3 aromatic rings. The number of hydrogen-bond acceptors (Lipinski definition) is 4. The number of nitrogens with zero attached hydrogens (tertiary/aromatic N) is 3. The van der Waals surface area contributed by atoms with Gasteiger partial charge in [-0.1, -0.05) is 19.1 Å². The van der Waals surface area contributed by atoms with E-state index in [4.69, 9.17) is 9.84 Å². The Morgan fingerprint density at radius 3 is 2.79 bits per heavy atom. The van der Waals surface area contributed by atoms with Crippen molar-refractivity contribution in [1.82, 2.24) is 20.0 Å². The van der Waals surface area contributed by atoms with Gasteiger partial charge in [0.1, 0.15) is 11.6 Å². The molecule has 1 aliphatic rings. The van der Waals surface area contributed by atoms with E-state index < -0.39 is 0 Å². The number of likely N-dealkylation sites (N-methyl/N-ethyl adjacent to an activating group) is 1. The quantitative estimate of drug-likeness (QED) is 0.530. The number of likely N-dealkylation sites (tertiary alicyclic amines) is 1. The third kappa shape index (κ3) is 5.60. The van der Waals surface area contributed by atoms with Crippen LogP contribution in [0, 0.1) is 5.82 Å². The summed E-state index contributed by atoms with van der Waals surface area (Å²) >= 11 is 0. The van der Waals surface area contributed by atoms with Crippen molar-refractivity contribution in [2.45, 2.75) is 38.6 Å². The number of methoxy groups -OCH3 is 1. The van der Waals surface area contributed by atoms with E-state index in [1.54, 1.807) is 23.9 Å². The van der Waals surface area contributed by atoms with E-state index >= 15 is 0 Å². The highest BCUT2D eigenvalue weighted by atomic mass is 19.1. The zero-order chi connectivity index (χ0) is 23.2. The molecule has 1 amide bonds. The SMILES string of the molecule is CCN1CCC[C@@H]1CNC(=O)CCc1cc(-c2cccc(OC)c2)n(-c2ccc(F)cc2)n1. The van der Waals surface area contributed by atoms with Crippen LogP contribution in [0.15, 0.2) is 54.6 Å². The normalized spacial score (nSPS) is 16.2. The first kappa shape index (κ1) is 23.0. The van der Waals surface area contributed by atoms with Gasteiger partial charge in [0, 0.05) is 31.0 Å². The Hall–Kier alpha value is -3.19. The second-order valence-electron chi connectivity index (χ2n) is 8.37. The maximum Gasteiger partial charge on any atom is 0.220 e. The molecule has 1 aromatic heterocycles. The van der Waals surface area contributed by atoms with E-state index in [1.165, 1.54) is 18.6 Å². The molecule has 1 saturated heterocycles. The Balaban J connectivity index is 1.49. The van der Waals surface area contributed by atoms with Crippen molar-refractivity contribution in [2.24, 2.45) is 0 Å². The maximum absolute atomic E-state index is 13.5. The molecule has 33 heavy (non-hydrogen) atoms. The first-order valence-electron chi connectivity index (χ1n) is 11.6. The molecular formula is C26H31FN4O2. The standard InChI is InChI=1S/C26H31FN4O2/c1-3-30-15-5-7-23(30)18-28-26(32)14-11-21-17-25(19-6-4-8-24(16-19)33-2)31(29-21)22-12-9-20(27)10-13-22/h4,6,8-10,12-13,16-17,23H,3,5,7,11,14-15,18H2,1-2H3,(H,28,32)/t23-/m1/s1. The number of carbonyl (C=O) groups is 1. The summed E-state index contributed by atoms with van der Waals surface area (Å²) in [5, 5.41) is 7.83. The molecule has 6 nitrogen and oxygen atoms in total. The fourth-order valence-corrected chi connectivity index (χ4v) is 4.42. The molecule has 0 aliphatic carbocycles. The van der Waals surface area contributed by atoms with Crippen LogP contribution in [0.3, 0.4) is 0 Å². The summed E-state index contributed by atoms with van der Waals surface area (Å²) in [4.78, 5) is 14.9. The lowest BCUT2D eigenvalue weighted by Crippen LogP contribution is -2.40. The molecule has 174 valence electrons. The number of amides is 1. The van der Waals surface area contributed by atoms with Crippen molar-refractivity contribution in [3.05, 3.63) is 66.1 Å². The Bertz CT molecular complexity index is 1080. The van der Waals surface area contributed by atoms with Gasteiger partial charge in [-0.2, -0.15) is 5.10 Å². The lowest BCUT2D eigenvalue weighted by molar-refractivity contribution is -0.121. The number of rotatable bonds is 9. The molecule has 1 atom stereocenters. The highest BCUT2D eigenvalue weighted by Gasteiger charge is 2.23. The van der Waals surface area contributed by atoms with Gasteiger partial charge in [-0.05, 0) is 68.4 Å². The minimum Gasteiger partial charge on any atom is -0.497 e. The average molecular weight is 451 g/mol. The molecule has 1 aliphatic heterocycles. The lowest BCUT2D eigenvalue weighted by Gasteiger charge is -2.22. The summed E-state index contributed by atoms with van der Waals surface area (Å²) < 4.78 is 20.6. The molecule has 0 unspecified atom stereocenters. The highest BCUT2D eigenvalue weighted by molar-refractivity contribution is 5.76. The molecule has 1 N–H and O–H groups in total. The summed E-state index contributed by atoms with van der Waals surface area (Å²) in [5.41, 5.74) is 3.36. The molecule has 4 rings (SSSR count). The van der Waals surface area contributed by atoms with Crippen LogP contribution in [-0.4, -0.2) is 53.4 Å². The fraction of sp³-hybridized carbons (Fsp3) is 0.385. The van der Waals surface area contributed by atoms with E-state index in [0.29, 0.717) is 25.4 Å². The molecule has 1 fully saturated rings. The average Bonchev–Trinajstić information content (AvgIpc) is 3.49. The third-order valence-electron chi connectivity index (χ3n) is 6.24. The summed E-state index contributed by atoms with van der Waals surface area (Å²) in [6, 6.07) is 16.4. The van der Waals surface area contributed by atoms with Crippen molar-refractivity contribution in [3.63, 3.8) is 0 Å². The van der Waals surface area contributed by atoms with Crippen LogP contribution in [0.1, 0.15) is 31.9 Å². The summed E-state index contributed by atoms with van der Waals surface area (Å²) in [6.07, 6.45) is 3.23. The number of ether oxygens (including phenoxy) is 1. The predicted octanol–water partition coefficient (Wildman–Crippen LogP) is 4.22. The largest absolute Gasteiger partial charge is 0.497 e. The van der Waals surface area contributed by atoms with Gasteiger partial charge >= 0.3 is 0 Å². The van der Waals surface area contributed by atoms with Crippen LogP contribution in [0.25, 0.3) is 16.9 Å². The van der Waals surface area contributed by atoms with Crippen molar-refractivity contribution in [1.29, 1.82) is 0 Å². The van der Waals surface area contributed by atoms with Gasteiger partial charge in [-0.25, -0.2) is 9.07 Å². The third-order valence-corrected chi connectivity index (χ3v) is 6.24. The Morgan fingerprint density at radius 2 is 2.03 bits per heavy atom. The van der Waals surface area contributed by atoms with Gasteiger partial charge in [0.25, 0.3) is 0 Å². The van der Waals surface area contributed by atoms with Crippen LogP contribution >= 0.6 is 0 Å². The first-order valence-corrected chi connectivity index (χ1v) is 11.6. The molecule has 7 heteroatoms. The molecular weight excluding hydrogens is 419 g/mol. The van der Waals surface area contributed by atoms with Gasteiger partial charge in [0.2, 0.25) is 5.91 Å². The number of carbonyl (C=O) groups excluding carboxylic acids is 1. The van der Waals surface area contributed by atoms with Crippen LogP contribution in [-0.2, 0) is 11.2 Å². The molecule has 0 saturated carbocycles.